The van der Waals surface area contributed by atoms with Crippen molar-refractivity contribution in [3.05, 3.63) is 81.8 Å². The number of primary amides is 1. The minimum atomic E-state index is -2.76. The molecule has 0 bridgehead atoms. The minimum absolute atomic E-state index is 0.0876. The summed E-state index contributed by atoms with van der Waals surface area (Å²) in [5.41, 5.74) is 15.5. The fraction of sp³-hybridized carbons (Fsp3) is 0.296. The SMILES string of the molecule is NC(=O)C1=C(O)[C@@H](N)[C@@H]2C[C@H]3C(=C(O)[C@]2(O)C1=O)C(=O)c1c(O)ccc(N)c1[C@@H]3CSCc1ccccc1. The fourth-order valence-electron chi connectivity index (χ4n) is 6.02. The van der Waals surface area contributed by atoms with Gasteiger partial charge in [-0.1, -0.05) is 30.3 Å². The highest BCUT2D eigenvalue weighted by Gasteiger charge is 2.63. The van der Waals surface area contributed by atoms with E-state index >= 15 is 0 Å². The molecule has 3 aliphatic carbocycles. The molecule has 0 fully saturated rings. The van der Waals surface area contributed by atoms with E-state index in [0.717, 1.165) is 5.56 Å². The van der Waals surface area contributed by atoms with Gasteiger partial charge in [-0.2, -0.15) is 11.8 Å². The lowest BCUT2D eigenvalue weighted by atomic mass is 9.56. The molecule has 38 heavy (non-hydrogen) atoms. The van der Waals surface area contributed by atoms with Crippen molar-refractivity contribution >= 4 is 34.9 Å². The van der Waals surface area contributed by atoms with E-state index in [9.17, 15) is 34.8 Å². The largest absolute Gasteiger partial charge is 0.510 e. The van der Waals surface area contributed by atoms with Crippen LogP contribution in [-0.4, -0.2) is 55.3 Å². The number of aliphatic hydroxyl groups is 3. The first-order valence-corrected chi connectivity index (χ1v) is 13.1. The summed E-state index contributed by atoms with van der Waals surface area (Å²) in [4.78, 5) is 38.9. The number of carbonyl (C=O) groups excluding carboxylic acids is 3. The number of carbonyl (C=O) groups is 3. The molecule has 0 spiro atoms. The summed E-state index contributed by atoms with van der Waals surface area (Å²) in [6.07, 6.45) is -0.0876. The second-order valence-corrected chi connectivity index (χ2v) is 10.9. The Kier molecular flexibility index (Phi) is 6.25. The number of anilines is 1. The quantitative estimate of drug-likeness (QED) is 0.166. The van der Waals surface area contributed by atoms with Crippen LogP contribution in [0.5, 0.6) is 5.75 Å². The van der Waals surface area contributed by atoms with Gasteiger partial charge in [-0.3, -0.25) is 14.4 Å². The van der Waals surface area contributed by atoms with Gasteiger partial charge < -0.3 is 37.6 Å². The lowest BCUT2D eigenvalue weighted by molar-refractivity contribution is -0.145. The average molecular weight is 538 g/mol. The van der Waals surface area contributed by atoms with Gasteiger partial charge in [-0.25, -0.2) is 0 Å². The smallest absolute Gasteiger partial charge is 0.255 e. The third-order valence-electron chi connectivity index (χ3n) is 7.85. The molecule has 2 aromatic carbocycles. The zero-order chi connectivity index (χ0) is 27.5. The predicted molar refractivity (Wildman–Crippen MR) is 140 cm³/mol. The zero-order valence-electron chi connectivity index (χ0n) is 20.1. The van der Waals surface area contributed by atoms with Crippen LogP contribution >= 0.6 is 11.8 Å². The van der Waals surface area contributed by atoms with E-state index in [2.05, 4.69) is 0 Å². The molecule has 5 rings (SSSR count). The van der Waals surface area contributed by atoms with Crippen LogP contribution in [0.3, 0.4) is 0 Å². The number of rotatable bonds is 5. The van der Waals surface area contributed by atoms with Crippen LogP contribution in [0.1, 0.15) is 33.8 Å². The summed E-state index contributed by atoms with van der Waals surface area (Å²) < 4.78 is 0. The van der Waals surface area contributed by atoms with Crippen LogP contribution < -0.4 is 17.2 Å². The molecule has 5 atom stereocenters. The van der Waals surface area contributed by atoms with Crippen LogP contribution in [0.4, 0.5) is 5.69 Å². The Morgan fingerprint density at radius 3 is 2.42 bits per heavy atom. The summed E-state index contributed by atoms with van der Waals surface area (Å²) >= 11 is 1.55. The number of Topliss-reactive ketones (excluding diaryl/α,β-unsaturated/α-hetero) is 2. The highest BCUT2D eigenvalue weighted by atomic mass is 32.2. The molecule has 2 aromatic rings. The third kappa shape index (κ3) is 3.61. The Labute approximate surface area is 221 Å². The van der Waals surface area contributed by atoms with Gasteiger partial charge in [0.2, 0.25) is 5.78 Å². The Balaban J connectivity index is 1.65. The molecular weight excluding hydrogens is 510 g/mol. The molecule has 198 valence electrons. The van der Waals surface area contributed by atoms with Gasteiger partial charge in [-0.05, 0) is 35.6 Å². The van der Waals surface area contributed by atoms with Crippen molar-refractivity contribution in [1.29, 1.82) is 0 Å². The van der Waals surface area contributed by atoms with Crippen molar-refractivity contribution in [2.45, 2.75) is 29.7 Å². The molecule has 3 aliphatic rings. The number of aliphatic hydroxyl groups excluding tert-OH is 2. The van der Waals surface area contributed by atoms with Crippen LogP contribution in [0.2, 0.25) is 0 Å². The molecule has 0 radical (unpaired) electrons. The number of fused-ring (bicyclic) bond motifs is 3. The third-order valence-corrected chi connectivity index (χ3v) is 8.98. The summed E-state index contributed by atoms with van der Waals surface area (Å²) in [6, 6.07) is 11.0. The number of phenols is 1. The lowest BCUT2D eigenvalue weighted by Gasteiger charge is -2.49. The highest BCUT2D eigenvalue weighted by Crippen LogP contribution is 2.56. The first kappa shape index (κ1) is 25.8. The van der Waals surface area contributed by atoms with E-state index in [-0.39, 0.29) is 29.0 Å². The van der Waals surface area contributed by atoms with Crippen LogP contribution in [0.15, 0.2) is 65.1 Å². The molecule has 10 N–H and O–H groups in total. The van der Waals surface area contributed by atoms with Crippen molar-refractivity contribution in [2.24, 2.45) is 23.3 Å². The normalized spacial score (nSPS) is 28.6. The van der Waals surface area contributed by atoms with Crippen LogP contribution in [0, 0.1) is 11.8 Å². The van der Waals surface area contributed by atoms with Gasteiger partial charge in [0.25, 0.3) is 5.91 Å². The zero-order valence-corrected chi connectivity index (χ0v) is 20.9. The van der Waals surface area contributed by atoms with E-state index in [1.165, 1.54) is 12.1 Å². The Morgan fingerprint density at radius 1 is 1.08 bits per heavy atom. The number of nitrogens with two attached hydrogens (primary N) is 3. The van der Waals surface area contributed by atoms with Gasteiger partial charge >= 0.3 is 0 Å². The topological polar surface area (TPSA) is 210 Å². The Morgan fingerprint density at radius 2 is 1.76 bits per heavy atom. The number of thioether (sulfide) groups is 1. The lowest BCUT2D eigenvalue weighted by Crippen LogP contribution is -2.63. The van der Waals surface area contributed by atoms with E-state index in [1.54, 1.807) is 11.8 Å². The van der Waals surface area contributed by atoms with Crippen LogP contribution in [-0.2, 0) is 15.3 Å². The monoisotopic (exact) mass is 537 g/mol. The molecule has 1 amide bonds. The molecule has 0 aliphatic heterocycles. The van der Waals surface area contributed by atoms with Gasteiger partial charge in [0.15, 0.2) is 11.4 Å². The van der Waals surface area contributed by atoms with Crippen molar-refractivity contribution in [2.75, 3.05) is 11.5 Å². The maximum atomic E-state index is 13.7. The highest BCUT2D eigenvalue weighted by molar-refractivity contribution is 7.98. The number of allylic oxidation sites excluding steroid dienone is 1. The molecule has 0 aromatic heterocycles. The second kappa shape index (κ2) is 9.19. The number of nitrogen functional groups attached to an aromatic ring is 1. The fourth-order valence-corrected chi connectivity index (χ4v) is 7.22. The molecule has 10 nitrogen and oxygen atoms in total. The number of hydrogen-bond acceptors (Lipinski definition) is 10. The minimum Gasteiger partial charge on any atom is -0.510 e. The van der Waals surface area contributed by atoms with Gasteiger partial charge in [-0.15, -0.1) is 0 Å². The number of amides is 1. The second-order valence-electron chi connectivity index (χ2n) is 9.86. The molecule has 0 saturated heterocycles. The average Bonchev–Trinajstić information content (AvgIpc) is 2.88. The van der Waals surface area contributed by atoms with Gasteiger partial charge in [0.1, 0.15) is 22.8 Å². The summed E-state index contributed by atoms with van der Waals surface area (Å²) in [5.74, 6) is -7.02. The number of ketones is 2. The van der Waals surface area contributed by atoms with E-state index in [1.807, 2.05) is 30.3 Å². The molecule has 0 unspecified atom stereocenters. The summed E-state index contributed by atoms with van der Waals surface area (Å²) in [6.45, 7) is 0. The standard InChI is InChI=1S/C27H27N3O7S/c28-15-6-7-16(31)19-17(15)13(10-38-9-11-4-2-1-3-5-11)12-8-14-21(29)23(33)20(26(30)36)25(35)27(14,37)24(34)18(12)22(19)32/h1-7,12-14,21,31,33-34,37H,8-10,28-29H2,(H2,30,36)/t12-,13-,14+,21+,27+/m1/s1. The first-order valence-electron chi connectivity index (χ1n) is 12.0. The van der Waals surface area contributed by atoms with E-state index < -0.39 is 64.0 Å². The van der Waals surface area contributed by atoms with Gasteiger partial charge in [0.05, 0.1) is 11.6 Å². The maximum absolute atomic E-state index is 13.7. The van der Waals surface area contributed by atoms with Gasteiger partial charge in [0, 0.05) is 34.6 Å². The molecule has 11 heteroatoms. The maximum Gasteiger partial charge on any atom is 0.255 e. The molecule has 0 heterocycles. The van der Waals surface area contributed by atoms with Crippen molar-refractivity contribution in [1.82, 2.24) is 0 Å². The number of aromatic hydroxyl groups is 1. The Bertz CT molecular complexity index is 1440. The van der Waals surface area contributed by atoms with E-state index in [0.29, 0.717) is 17.1 Å². The number of hydrogen-bond donors (Lipinski definition) is 7. The molecular formula is C27H27N3O7S. The summed E-state index contributed by atoms with van der Waals surface area (Å²) in [7, 11) is 0. The number of phenolic OH excluding ortho intramolecular Hbond substituents is 1. The van der Waals surface area contributed by atoms with Crippen LogP contribution in [0.25, 0.3) is 0 Å². The Hall–Kier alpha value is -3.80. The van der Waals surface area contributed by atoms with E-state index in [4.69, 9.17) is 17.2 Å². The van der Waals surface area contributed by atoms with Crippen molar-refractivity contribution in [3.8, 4) is 5.75 Å². The van der Waals surface area contributed by atoms with Crippen molar-refractivity contribution < 1.29 is 34.8 Å². The predicted octanol–water partition coefficient (Wildman–Crippen LogP) is 1.57. The summed E-state index contributed by atoms with van der Waals surface area (Å²) in [5, 5.41) is 44.1. The number of benzene rings is 2. The van der Waals surface area contributed by atoms with Crippen molar-refractivity contribution in [3.63, 3.8) is 0 Å². The first-order chi connectivity index (χ1) is 18.0. The molecule has 0 saturated carbocycles.